The zero-order valence-corrected chi connectivity index (χ0v) is 6.65. The van der Waals surface area contributed by atoms with Crippen molar-refractivity contribution in [3.05, 3.63) is 29.8 Å². The summed E-state index contributed by atoms with van der Waals surface area (Å²) in [5, 5.41) is 16.1. The minimum atomic E-state index is -1.03. The highest BCUT2D eigenvalue weighted by molar-refractivity contribution is 5.97. The Morgan fingerprint density at radius 2 is 1.92 bits per heavy atom. The van der Waals surface area contributed by atoms with E-state index in [0.29, 0.717) is 5.56 Å². The first-order chi connectivity index (χ1) is 6.09. The van der Waals surface area contributed by atoms with Crippen molar-refractivity contribution in [1.29, 1.82) is 5.41 Å². The molecule has 0 aliphatic rings. The van der Waals surface area contributed by atoms with Crippen molar-refractivity contribution in [2.45, 2.75) is 0 Å². The number of carbonyl (C=O) groups excluding carboxylic acids is 1. The fourth-order valence-electron chi connectivity index (χ4n) is 0.772. The number of phenols is 1. The van der Waals surface area contributed by atoms with Crippen LogP contribution in [0.3, 0.4) is 0 Å². The van der Waals surface area contributed by atoms with E-state index >= 15 is 0 Å². The van der Waals surface area contributed by atoms with Crippen molar-refractivity contribution in [2.75, 3.05) is 0 Å². The lowest BCUT2D eigenvalue weighted by Crippen LogP contribution is -2.18. The second-order valence-corrected chi connectivity index (χ2v) is 2.30. The highest BCUT2D eigenvalue weighted by atomic mass is 16.6. The molecule has 0 spiro atoms. The molecular weight excluding hydrogens is 172 g/mol. The van der Waals surface area contributed by atoms with Crippen LogP contribution in [0.5, 0.6) is 5.75 Å². The Morgan fingerprint density at radius 3 is 2.38 bits per heavy atom. The van der Waals surface area contributed by atoms with Crippen LogP contribution >= 0.6 is 0 Å². The van der Waals surface area contributed by atoms with Crippen LogP contribution in [0, 0.1) is 5.41 Å². The number of phenolic OH excluding ortho intramolecular Hbond substituents is 1. The van der Waals surface area contributed by atoms with Gasteiger partial charge in [0.1, 0.15) is 5.75 Å². The number of nitrogens with one attached hydrogen (secondary N) is 1. The predicted molar refractivity (Wildman–Crippen MR) is 45.6 cm³/mol. The average molecular weight is 180 g/mol. The number of aromatic hydroxyl groups is 1. The summed E-state index contributed by atoms with van der Waals surface area (Å²) in [5.41, 5.74) is 5.08. The monoisotopic (exact) mass is 180 g/mol. The topological polar surface area (TPSA) is 96.4 Å². The lowest BCUT2D eigenvalue weighted by atomic mass is 10.2. The molecule has 1 aromatic rings. The van der Waals surface area contributed by atoms with Crippen molar-refractivity contribution in [3.63, 3.8) is 0 Å². The lowest BCUT2D eigenvalue weighted by molar-refractivity contribution is 0.208. The van der Waals surface area contributed by atoms with Gasteiger partial charge in [0.2, 0.25) is 5.90 Å². The molecule has 5 nitrogen and oxygen atoms in total. The number of primary amides is 1. The number of rotatable bonds is 1. The summed E-state index contributed by atoms with van der Waals surface area (Å²) in [4.78, 5) is 10.3. The molecule has 1 aromatic carbocycles. The van der Waals surface area contributed by atoms with E-state index in [9.17, 15) is 4.79 Å². The first-order valence-corrected chi connectivity index (χ1v) is 3.45. The van der Waals surface area contributed by atoms with E-state index in [4.69, 9.17) is 16.2 Å². The number of nitrogens with two attached hydrogens (primary N) is 1. The largest absolute Gasteiger partial charge is 0.508 e. The van der Waals surface area contributed by atoms with Crippen LogP contribution < -0.4 is 5.73 Å². The summed E-state index contributed by atoms with van der Waals surface area (Å²) in [5.74, 6) is -0.261. The molecule has 0 saturated heterocycles. The molecule has 0 aliphatic heterocycles. The van der Waals surface area contributed by atoms with Gasteiger partial charge >= 0.3 is 6.09 Å². The zero-order chi connectivity index (χ0) is 9.84. The van der Waals surface area contributed by atoms with Crippen LogP contribution in [0.4, 0.5) is 4.79 Å². The molecule has 1 amide bonds. The highest BCUT2D eigenvalue weighted by Crippen LogP contribution is 2.10. The van der Waals surface area contributed by atoms with Gasteiger partial charge in [0.25, 0.3) is 0 Å². The summed E-state index contributed by atoms with van der Waals surface area (Å²) in [6.45, 7) is 0. The summed E-state index contributed by atoms with van der Waals surface area (Å²) >= 11 is 0. The fraction of sp³-hybridized carbons (Fsp3) is 0. The molecule has 0 aromatic heterocycles. The molecule has 0 saturated carbocycles. The Kier molecular flexibility index (Phi) is 2.49. The van der Waals surface area contributed by atoms with E-state index in [1.54, 1.807) is 0 Å². The van der Waals surface area contributed by atoms with Crippen molar-refractivity contribution in [1.82, 2.24) is 0 Å². The van der Waals surface area contributed by atoms with E-state index in [1.165, 1.54) is 24.3 Å². The second kappa shape index (κ2) is 3.57. The number of hydrogen-bond acceptors (Lipinski definition) is 4. The maximum atomic E-state index is 10.3. The third kappa shape index (κ3) is 2.48. The van der Waals surface area contributed by atoms with Crippen LogP contribution in [-0.4, -0.2) is 17.1 Å². The van der Waals surface area contributed by atoms with Gasteiger partial charge in [0.05, 0.1) is 0 Å². The summed E-state index contributed by atoms with van der Waals surface area (Å²) in [7, 11) is 0. The van der Waals surface area contributed by atoms with Gasteiger partial charge in [-0.25, -0.2) is 4.79 Å². The number of benzene rings is 1. The predicted octanol–water partition coefficient (Wildman–Crippen LogP) is 0.813. The smallest absolute Gasteiger partial charge is 0.411 e. The van der Waals surface area contributed by atoms with Crippen molar-refractivity contribution < 1.29 is 14.6 Å². The Labute approximate surface area is 74.3 Å². The van der Waals surface area contributed by atoms with Crippen LogP contribution in [0.15, 0.2) is 24.3 Å². The molecule has 13 heavy (non-hydrogen) atoms. The third-order valence-corrected chi connectivity index (χ3v) is 1.33. The molecular formula is C8H8N2O3. The zero-order valence-electron chi connectivity index (χ0n) is 6.65. The van der Waals surface area contributed by atoms with Gasteiger partial charge in [-0.05, 0) is 24.3 Å². The molecule has 0 aliphatic carbocycles. The maximum absolute atomic E-state index is 10.3. The van der Waals surface area contributed by atoms with Gasteiger partial charge in [-0.15, -0.1) is 0 Å². The number of ether oxygens (including phenoxy) is 1. The first kappa shape index (κ1) is 9.05. The second-order valence-electron chi connectivity index (χ2n) is 2.30. The van der Waals surface area contributed by atoms with E-state index in [-0.39, 0.29) is 11.6 Å². The Hall–Kier alpha value is -2.04. The van der Waals surface area contributed by atoms with E-state index in [2.05, 4.69) is 4.74 Å². The molecule has 0 heterocycles. The fourth-order valence-corrected chi connectivity index (χ4v) is 0.772. The maximum Gasteiger partial charge on any atom is 0.411 e. The molecule has 4 N–H and O–H groups in total. The normalized spacial score (nSPS) is 9.23. The first-order valence-electron chi connectivity index (χ1n) is 3.45. The molecule has 0 radical (unpaired) electrons. The van der Waals surface area contributed by atoms with Gasteiger partial charge in [-0.3, -0.25) is 5.41 Å². The van der Waals surface area contributed by atoms with Gasteiger partial charge in [-0.1, -0.05) is 0 Å². The van der Waals surface area contributed by atoms with Crippen LogP contribution in [0.2, 0.25) is 0 Å². The molecule has 1 rings (SSSR count). The van der Waals surface area contributed by atoms with E-state index < -0.39 is 6.09 Å². The van der Waals surface area contributed by atoms with Gasteiger partial charge in [0.15, 0.2) is 0 Å². The van der Waals surface area contributed by atoms with Crippen LogP contribution in [-0.2, 0) is 4.74 Å². The summed E-state index contributed by atoms with van der Waals surface area (Å²) < 4.78 is 4.32. The summed E-state index contributed by atoms with van der Waals surface area (Å²) in [6, 6.07) is 5.66. The molecule has 0 unspecified atom stereocenters. The van der Waals surface area contributed by atoms with Crippen LogP contribution in [0.25, 0.3) is 0 Å². The SMILES string of the molecule is N=C(OC(N)=O)c1ccc(O)cc1. The van der Waals surface area contributed by atoms with Gasteiger partial charge in [0, 0.05) is 5.56 Å². The standard InChI is InChI=1S/C8H8N2O3/c9-7(13-8(10)12)5-1-3-6(11)4-2-5/h1-4,9,11H,(H2,10,12). The Balaban J connectivity index is 2.78. The summed E-state index contributed by atoms with van der Waals surface area (Å²) in [6.07, 6.45) is -1.03. The lowest BCUT2D eigenvalue weighted by Gasteiger charge is -2.01. The highest BCUT2D eigenvalue weighted by Gasteiger charge is 2.04. The Morgan fingerprint density at radius 1 is 1.38 bits per heavy atom. The van der Waals surface area contributed by atoms with Gasteiger partial charge in [-0.2, -0.15) is 0 Å². The minimum Gasteiger partial charge on any atom is -0.508 e. The van der Waals surface area contributed by atoms with Gasteiger partial charge < -0.3 is 15.6 Å². The molecule has 0 atom stereocenters. The quantitative estimate of drug-likeness (QED) is 0.440. The van der Waals surface area contributed by atoms with Crippen molar-refractivity contribution in [3.8, 4) is 5.75 Å². The molecule has 5 heteroatoms. The number of amides is 1. The molecule has 0 bridgehead atoms. The van der Waals surface area contributed by atoms with E-state index in [0.717, 1.165) is 0 Å². The van der Waals surface area contributed by atoms with Crippen molar-refractivity contribution in [2.24, 2.45) is 5.73 Å². The number of carbonyl (C=O) groups is 1. The van der Waals surface area contributed by atoms with E-state index in [1.807, 2.05) is 0 Å². The molecule has 0 fully saturated rings. The minimum absolute atomic E-state index is 0.0793. The Bertz CT molecular complexity index is 332. The van der Waals surface area contributed by atoms with Crippen LogP contribution in [0.1, 0.15) is 5.56 Å². The van der Waals surface area contributed by atoms with Crippen molar-refractivity contribution >= 4 is 12.0 Å². The third-order valence-electron chi connectivity index (χ3n) is 1.33. The number of hydrogen-bond donors (Lipinski definition) is 3. The average Bonchev–Trinajstić information content (AvgIpc) is 2.04. The molecule has 68 valence electrons.